The number of nitrogens with zero attached hydrogens (tertiary/aromatic N) is 1. The number of hydrogen-bond donors (Lipinski definition) is 1. The molecule has 0 bridgehead atoms. The third-order valence-corrected chi connectivity index (χ3v) is 5.04. The summed E-state index contributed by atoms with van der Waals surface area (Å²) >= 11 is 5.46. The lowest BCUT2D eigenvalue weighted by Gasteiger charge is -2.01. The van der Waals surface area contributed by atoms with Crippen LogP contribution in [0, 0.1) is 0 Å². The van der Waals surface area contributed by atoms with Crippen molar-refractivity contribution in [2.75, 3.05) is 6.54 Å². The summed E-state index contributed by atoms with van der Waals surface area (Å²) in [6, 6.07) is 8.38. The molecule has 0 atom stereocenters. The van der Waals surface area contributed by atoms with Gasteiger partial charge in [0, 0.05) is 22.3 Å². The lowest BCUT2D eigenvalue weighted by molar-refractivity contribution is 0.676. The van der Waals surface area contributed by atoms with Crippen LogP contribution in [0.2, 0.25) is 0 Å². The van der Waals surface area contributed by atoms with E-state index in [1.54, 1.807) is 0 Å². The average molecular weight is 353 g/mol. The molecule has 0 fully saturated rings. The Kier molecular flexibility index (Phi) is 6.20. The number of aryl methyl sites for hydroxylation is 1. The molecule has 0 saturated heterocycles. The monoisotopic (exact) mass is 352 g/mol. The first-order valence-corrected chi connectivity index (χ1v) is 8.77. The molecular formula is C16H21BrN2S. The quantitative estimate of drug-likeness (QED) is 0.738. The number of rotatable bonds is 7. The molecule has 4 heteroatoms. The van der Waals surface area contributed by atoms with Crippen LogP contribution in [0.4, 0.5) is 0 Å². The molecule has 1 aromatic carbocycles. The van der Waals surface area contributed by atoms with Gasteiger partial charge in [0.25, 0.3) is 0 Å². The number of nitrogens with one attached hydrogen (secondary N) is 1. The molecule has 1 N–H and O–H groups in total. The van der Waals surface area contributed by atoms with Gasteiger partial charge in [-0.05, 0) is 31.0 Å². The minimum Gasteiger partial charge on any atom is -0.312 e. The maximum absolute atomic E-state index is 4.80. The van der Waals surface area contributed by atoms with Crippen LogP contribution in [-0.4, -0.2) is 11.5 Å². The molecule has 0 radical (unpaired) electrons. The van der Waals surface area contributed by atoms with E-state index in [1.807, 2.05) is 17.4 Å². The van der Waals surface area contributed by atoms with Crippen LogP contribution in [-0.2, 0) is 19.4 Å². The smallest absolute Gasteiger partial charge is 0.0975 e. The first-order chi connectivity index (χ1) is 9.74. The molecule has 0 unspecified atom stereocenters. The fourth-order valence-electron chi connectivity index (χ4n) is 2.11. The normalized spacial score (nSPS) is 10.9. The molecule has 0 aliphatic carbocycles. The highest BCUT2D eigenvalue weighted by Gasteiger charge is 2.11. The van der Waals surface area contributed by atoms with Gasteiger partial charge in [-0.2, -0.15) is 0 Å². The Bertz CT molecular complexity index is 551. The summed E-state index contributed by atoms with van der Waals surface area (Å²) in [5.41, 5.74) is 2.55. The summed E-state index contributed by atoms with van der Waals surface area (Å²) in [6.07, 6.45) is 3.09. The molecule has 0 saturated carbocycles. The van der Waals surface area contributed by atoms with Gasteiger partial charge in [0.1, 0.15) is 0 Å². The second-order valence-electron chi connectivity index (χ2n) is 4.78. The fraction of sp³-hybridized carbons (Fsp3) is 0.438. The molecule has 1 heterocycles. The summed E-state index contributed by atoms with van der Waals surface area (Å²) in [7, 11) is 0. The summed E-state index contributed by atoms with van der Waals surface area (Å²) in [5, 5.41) is 4.69. The van der Waals surface area contributed by atoms with E-state index in [-0.39, 0.29) is 0 Å². The second kappa shape index (κ2) is 7.91. The van der Waals surface area contributed by atoms with Crippen molar-refractivity contribution in [3.8, 4) is 0 Å². The largest absolute Gasteiger partial charge is 0.312 e. The van der Waals surface area contributed by atoms with E-state index in [9.17, 15) is 0 Å². The van der Waals surface area contributed by atoms with Crippen molar-refractivity contribution >= 4 is 27.3 Å². The molecule has 1 aromatic heterocycles. The first kappa shape index (κ1) is 15.7. The van der Waals surface area contributed by atoms with Crippen molar-refractivity contribution in [3.63, 3.8) is 0 Å². The zero-order valence-corrected chi connectivity index (χ0v) is 14.5. The third kappa shape index (κ3) is 4.14. The SMILES string of the molecule is CCCNCc1sc(Cc2ccccc2Br)nc1CC. The predicted molar refractivity (Wildman–Crippen MR) is 90.4 cm³/mol. The van der Waals surface area contributed by atoms with Crippen molar-refractivity contribution in [2.24, 2.45) is 0 Å². The minimum absolute atomic E-state index is 0.910. The van der Waals surface area contributed by atoms with E-state index in [4.69, 9.17) is 4.98 Å². The number of benzene rings is 1. The Balaban J connectivity index is 2.11. The van der Waals surface area contributed by atoms with Crippen molar-refractivity contribution < 1.29 is 0 Å². The lowest BCUT2D eigenvalue weighted by atomic mass is 10.2. The molecule has 2 nitrogen and oxygen atoms in total. The average Bonchev–Trinajstić information content (AvgIpc) is 2.84. The van der Waals surface area contributed by atoms with E-state index in [1.165, 1.54) is 32.0 Å². The Morgan fingerprint density at radius 1 is 1.25 bits per heavy atom. The molecule has 20 heavy (non-hydrogen) atoms. The van der Waals surface area contributed by atoms with Crippen LogP contribution in [0.25, 0.3) is 0 Å². The van der Waals surface area contributed by atoms with Gasteiger partial charge in [-0.25, -0.2) is 4.98 Å². The Hall–Kier alpha value is -0.710. The van der Waals surface area contributed by atoms with E-state index < -0.39 is 0 Å². The van der Waals surface area contributed by atoms with Crippen LogP contribution < -0.4 is 5.32 Å². The van der Waals surface area contributed by atoms with Crippen LogP contribution in [0.15, 0.2) is 28.7 Å². The second-order valence-corrected chi connectivity index (χ2v) is 6.80. The van der Waals surface area contributed by atoms with Gasteiger partial charge in [0.05, 0.1) is 10.7 Å². The molecule has 2 aromatic rings. The van der Waals surface area contributed by atoms with Crippen LogP contribution in [0.3, 0.4) is 0 Å². The molecule has 0 aliphatic heterocycles. The summed E-state index contributed by atoms with van der Waals surface area (Å²) in [6.45, 7) is 6.39. The predicted octanol–water partition coefficient (Wildman–Crippen LogP) is 4.56. The molecule has 0 amide bonds. The van der Waals surface area contributed by atoms with Gasteiger partial charge in [0.2, 0.25) is 0 Å². The molecular weight excluding hydrogens is 332 g/mol. The zero-order chi connectivity index (χ0) is 14.4. The van der Waals surface area contributed by atoms with E-state index in [0.717, 1.165) is 25.9 Å². The van der Waals surface area contributed by atoms with Crippen LogP contribution in [0.5, 0.6) is 0 Å². The molecule has 0 spiro atoms. The van der Waals surface area contributed by atoms with Gasteiger partial charge in [-0.15, -0.1) is 11.3 Å². The summed E-state index contributed by atoms with van der Waals surface area (Å²) in [5.74, 6) is 0. The maximum Gasteiger partial charge on any atom is 0.0975 e. The van der Waals surface area contributed by atoms with E-state index >= 15 is 0 Å². The highest BCUT2D eigenvalue weighted by molar-refractivity contribution is 9.10. The highest BCUT2D eigenvalue weighted by atomic mass is 79.9. The van der Waals surface area contributed by atoms with Crippen molar-refractivity contribution in [2.45, 2.75) is 39.7 Å². The zero-order valence-electron chi connectivity index (χ0n) is 12.1. The summed E-state index contributed by atoms with van der Waals surface area (Å²) in [4.78, 5) is 6.19. The molecule has 0 aliphatic rings. The standard InChI is InChI=1S/C16H21BrN2S/c1-3-9-18-11-15-14(4-2)19-16(20-15)10-12-7-5-6-8-13(12)17/h5-8,18H,3-4,9-11H2,1-2H3. The van der Waals surface area contributed by atoms with Crippen molar-refractivity contribution in [3.05, 3.63) is 49.9 Å². The topological polar surface area (TPSA) is 24.9 Å². The number of thiazole rings is 1. The van der Waals surface area contributed by atoms with Gasteiger partial charge in [-0.3, -0.25) is 0 Å². The minimum atomic E-state index is 0.910. The summed E-state index contributed by atoms with van der Waals surface area (Å²) < 4.78 is 1.17. The van der Waals surface area contributed by atoms with Crippen molar-refractivity contribution in [1.29, 1.82) is 0 Å². The van der Waals surface area contributed by atoms with Crippen LogP contribution in [0.1, 0.15) is 41.4 Å². The fourth-order valence-corrected chi connectivity index (χ4v) is 3.69. The van der Waals surface area contributed by atoms with Gasteiger partial charge < -0.3 is 5.32 Å². The molecule has 108 valence electrons. The highest BCUT2D eigenvalue weighted by Crippen LogP contribution is 2.25. The Morgan fingerprint density at radius 3 is 2.75 bits per heavy atom. The van der Waals surface area contributed by atoms with Crippen molar-refractivity contribution in [1.82, 2.24) is 10.3 Å². The van der Waals surface area contributed by atoms with Gasteiger partial charge in [0.15, 0.2) is 0 Å². The number of halogens is 1. The van der Waals surface area contributed by atoms with Gasteiger partial charge >= 0.3 is 0 Å². The molecule has 2 rings (SSSR count). The third-order valence-electron chi connectivity index (χ3n) is 3.17. The maximum atomic E-state index is 4.80. The first-order valence-electron chi connectivity index (χ1n) is 7.16. The van der Waals surface area contributed by atoms with Gasteiger partial charge in [-0.1, -0.05) is 48.0 Å². The number of aromatic nitrogens is 1. The Labute approximate surface area is 133 Å². The Morgan fingerprint density at radius 2 is 2.05 bits per heavy atom. The lowest BCUT2D eigenvalue weighted by Crippen LogP contribution is -2.13. The van der Waals surface area contributed by atoms with E-state index in [2.05, 4.69) is 53.3 Å². The van der Waals surface area contributed by atoms with Crippen LogP contribution >= 0.6 is 27.3 Å². The van der Waals surface area contributed by atoms with E-state index in [0.29, 0.717) is 0 Å². The number of hydrogen-bond acceptors (Lipinski definition) is 3.